The molecule has 0 aromatic carbocycles. The zero-order valence-corrected chi connectivity index (χ0v) is 27.9. The van der Waals surface area contributed by atoms with Crippen LogP contribution in [0.2, 0.25) is 24.2 Å². The topological polar surface area (TPSA) is 36.9 Å². The Morgan fingerprint density at radius 2 is 0.765 bits per heavy atom. The van der Waals surface area contributed by atoms with Crippen molar-refractivity contribution >= 4 is 17.1 Å². The minimum Gasteiger partial charge on any atom is -0.391 e. The van der Waals surface area contributed by atoms with Crippen molar-refractivity contribution in [3.63, 3.8) is 0 Å². The van der Waals surface area contributed by atoms with Gasteiger partial charge in [-0.3, -0.25) is 0 Å². The molecule has 208 valence electrons. The second-order valence-electron chi connectivity index (χ2n) is 11.9. The minimum absolute atomic E-state index is 0.109. The molecular formula is C28H64O4Si2. The summed E-state index contributed by atoms with van der Waals surface area (Å²) in [6, 6.07) is 4.45. The number of hydrogen-bond acceptors (Lipinski definition) is 4. The van der Waals surface area contributed by atoms with Gasteiger partial charge < -0.3 is 17.7 Å². The van der Waals surface area contributed by atoms with E-state index in [2.05, 4.69) is 96.9 Å². The summed E-state index contributed by atoms with van der Waals surface area (Å²) < 4.78 is 25.5. The Labute approximate surface area is 217 Å². The van der Waals surface area contributed by atoms with E-state index in [9.17, 15) is 0 Å². The Morgan fingerprint density at radius 1 is 0.500 bits per heavy atom. The van der Waals surface area contributed by atoms with E-state index >= 15 is 0 Å². The molecule has 0 aliphatic heterocycles. The van der Waals surface area contributed by atoms with Crippen molar-refractivity contribution in [3.05, 3.63) is 0 Å². The lowest BCUT2D eigenvalue weighted by molar-refractivity contribution is 0.0136. The Hall–Kier alpha value is 0.274. The molecule has 0 rings (SSSR count). The van der Waals surface area contributed by atoms with E-state index in [0.717, 1.165) is 49.9 Å². The molecule has 6 heteroatoms. The van der Waals surface area contributed by atoms with Crippen LogP contribution in [0.5, 0.6) is 0 Å². The summed E-state index contributed by atoms with van der Waals surface area (Å²) in [5.74, 6) is 0. The summed E-state index contributed by atoms with van der Waals surface area (Å²) >= 11 is 0. The maximum atomic E-state index is 6.40. The highest BCUT2D eigenvalue weighted by molar-refractivity contribution is 6.68. The van der Waals surface area contributed by atoms with E-state index < -0.39 is 17.1 Å². The van der Waals surface area contributed by atoms with E-state index in [0.29, 0.717) is 12.2 Å². The summed E-state index contributed by atoms with van der Waals surface area (Å²) in [6.45, 7) is 30.4. The van der Waals surface area contributed by atoms with Crippen LogP contribution < -0.4 is 0 Å². The molecule has 0 amide bonds. The molecular weight excluding hydrogens is 456 g/mol. The summed E-state index contributed by atoms with van der Waals surface area (Å²) in [5.41, 5.74) is -0.219. The van der Waals surface area contributed by atoms with Crippen molar-refractivity contribution in [2.75, 3.05) is 0 Å². The SMILES string of the molecule is CCC[Si](CCC)(OC(C)(C)C)OC(C)(C)C.CCC[Si](CCC)(OC(C)CC)OC(C)CC. The summed E-state index contributed by atoms with van der Waals surface area (Å²) in [4.78, 5) is 0. The van der Waals surface area contributed by atoms with Gasteiger partial charge in [-0.05, 0) is 92.4 Å². The van der Waals surface area contributed by atoms with E-state index in [-0.39, 0.29) is 11.2 Å². The van der Waals surface area contributed by atoms with Crippen LogP contribution in [-0.4, -0.2) is 40.5 Å². The van der Waals surface area contributed by atoms with Gasteiger partial charge in [0.25, 0.3) is 0 Å². The Morgan fingerprint density at radius 3 is 0.971 bits per heavy atom. The van der Waals surface area contributed by atoms with E-state index in [1.165, 1.54) is 12.8 Å². The van der Waals surface area contributed by atoms with Crippen molar-refractivity contribution < 1.29 is 17.7 Å². The van der Waals surface area contributed by atoms with Crippen LogP contribution in [-0.2, 0) is 17.7 Å². The molecule has 0 N–H and O–H groups in total. The highest BCUT2D eigenvalue weighted by atomic mass is 28.4. The minimum atomic E-state index is -2.07. The fourth-order valence-electron chi connectivity index (χ4n) is 4.28. The van der Waals surface area contributed by atoms with Crippen molar-refractivity contribution in [3.8, 4) is 0 Å². The first-order valence-corrected chi connectivity index (χ1v) is 18.8. The first-order valence-electron chi connectivity index (χ1n) is 14.3. The molecule has 0 aromatic heterocycles. The van der Waals surface area contributed by atoms with Gasteiger partial charge in [-0.25, -0.2) is 0 Å². The third kappa shape index (κ3) is 17.7. The van der Waals surface area contributed by atoms with Gasteiger partial charge in [0.2, 0.25) is 0 Å². The maximum absolute atomic E-state index is 6.40. The van der Waals surface area contributed by atoms with Crippen LogP contribution in [0, 0.1) is 0 Å². The number of rotatable bonds is 16. The molecule has 0 fully saturated rings. The molecule has 2 atom stereocenters. The van der Waals surface area contributed by atoms with Crippen molar-refractivity contribution in [2.45, 2.75) is 183 Å². The van der Waals surface area contributed by atoms with E-state index in [1.807, 2.05) is 0 Å². The van der Waals surface area contributed by atoms with E-state index in [1.54, 1.807) is 0 Å². The molecule has 4 nitrogen and oxygen atoms in total. The smallest absolute Gasteiger partial charge is 0.338 e. The zero-order valence-electron chi connectivity index (χ0n) is 25.9. The fourth-order valence-corrected chi connectivity index (χ4v) is 12.8. The number of hydrogen-bond donors (Lipinski definition) is 0. The lowest BCUT2D eigenvalue weighted by Crippen LogP contribution is -2.51. The average molecular weight is 521 g/mol. The van der Waals surface area contributed by atoms with Gasteiger partial charge in [0.1, 0.15) is 0 Å². The Kier molecular flexibility index (Phi) is 18.9. The van der Waals surface area contributed by atoms with Crippen LogP contribution in [0.15, 0.2) is 0 Å². The molecule has 0 saturated carbocycles. The first-order chi connectivity index (χ1) is 15.6. The van der Waals surface area contributed by atoms with Gasteiger partial charge in [-0.2, -0.15) is 0 Å². The van der Waals surface area contributed by atoms with Crippen LogP contribution in [0.1, 0.15) is 135 Å². The normalized spacial score (nSPS) is 15.0. The highest BCUT2D eigenvalue weighted by Crippen LogP contribution is 2.32. The molecule has 0 bridgehead atoms. The van der Waals surface area contributed by atoms with Gasteiger partial charge in [0.15, 0.2) is 0 Å². The molecule has 34 heavy (non-hydrogen) atoms. The molecule has 0 radical (unpaired) electrons. The molecule has 0 saturated heterocycles. The van der Waals surface area contributed by atoms with Gasteiger partial charge in [0.05, 0.1) is 11.2 Å². The van der Waals surface area contributed by atoms with E-state index in [4.69, 9.17) is 17.7 Å². The van der Waals surface area contributed by atoms with Crippen molar-refractivity contribution in [2.24, 2.45) is 0 Å². The average Bonchev–Trinajstić information content (AvgIpc) is 2.66. The largest absolute Gasteiger partial charge is 0.391 e. The summed E-state index contributed by atoms with van der Waals surface area (Å²) in [7, 11) is -4.03. The van der Waals surface area contributed by atoms with Gasteiger partial charge in [-0.15, -0.1) is 0 Å². The van der Waals surface area contributed by atoms with Gasteiger partial charge in [0, 0.05) is 12.2 Å². The van der Waals surface area contributed by atoms with Gasteiger partial charge >= 0.3 is 17.1 Å². The molecule has 0 aliphatic carbocycles. The predicted octanol–water partition coefficient (Wildman–Crippen LogP) is 9.76. The maximum Gasteiger partial charge on any atom is 0.338 e. The second-order valence-corrected chi connectivity index (χ2v) is 18.4. The predicted molar refractivity (Wildman–Crippen MR) is 155 cm³/mol. The van der Waals surface area contributed by atoms with Crippen LogP contribution in [0.3, 0.4) is 0 Å². The standard InChI is InChI=1S/2C14H32O2Si/c1-9-11-17(12-10-2,15-13(3,4)5)16-14(6,7)8;1-7-11-17(12-8-2,15-13(5)9-3)16-14(6)10-4/h9-12H2,1-8H3;13-14H,7-12H2,1-6H3. The van der Waals surface area contributed by atoms with Crippen LogP contribution in [0.25, 0.3) is 0 Å². The Balaban J connectivity index is 0. The van der Waals surface area contributed by atoms with Crippen molar-refractivity contribution in [1.82, 2.24) is 0 Å². The summed E-state index contributed by atoms with van der Waals surface area (Å²) in [6.07, 6.45) is 7.43. The monoisotopic (exact) mass is 520 g/mol. The lowest BCUT2D eigenvalue weighted by Gasteiger charge is -2.41. The zero-order chi connectivity index (χ0) is 27.1. The first kappa shape index (κ1) is 36.4. The molecule has 0 heterocycles. The molecule has 0 aromatic rings. The van der Waals surface area contributed by atoms with Crippen molar-refractivity contribution in [1.29, 1.82) is 0 Å². The Bertz CT molecular complexity index is 442. The molecule has 2 unspecified atom stereocenters. The third-order valence-corrected chi connectivity index (χ3v) is 14.2. The molecule has 0 spiro atoms. The fraction of sp³-hybridized carbons (Fsp3) is 1.00. The highest BCUT2D eigenvalue weighted by Gasteiger charge is 2.42. The molecule has 0 aliphatic rings. The second kappa shape index (κ2) is 17.7. The third-order valence-electron chi connectivity index (χ3n) is 5.49. The van der Waals surface area contributed by atoms with Gasteiger partial charge in [-0.1, -0.05) is 67.2 Å². The van der Waals surface area contributed by atoms with Crippen LogP contribution in [0.4, 0.5) is 0 Å². The van der Waals surface area contributed by atoms with Crippen LogP contribution >= 0.6 is 0 Å². The lowest BCUT2D eigenvalue weighted by atomic mass is 10.2. The summed E-state index contributed by atoms with van der Waals surface area (Å²) in [5, 5.41) is 0. The quantitative estimate of drug-likeness (QED) is 0.190.